The van der Waals surface area contributed by atoms with Gasteiger partial charge in [-0.25, -0.2) is 8.42 Å². The Morgan fingerprint density at radius 2 is 2.12 bits per heavy atom. The standard InChI is InChI=1S/C12H24N2O2S/c1-2-13-9-11-5-3-4-7-14(11)12-6-8-17(15,16)10-12/h11-13H,2-10H2,1H3. The predicted molar refractivity (Wildman–Crippen MR) is 69.9 cm³/mol. The molecule has 0 bridgehead atoms. The third kappa shape index (κ3) is 3.42. The summed E-state index contributed by atoms with van der Waals surface area (Å²) in [5, 5.41) is 3.40. The Balaban J connectivity index is 1.96. The minimum absolute atomic E-state index is 0.281. The molecule has 0 aromatic rings. The maximum Gasteiger partial charge on any atom is 0.151 e. The summed E-state index contributed by atoms with van der Waals surface area (Å²) in [5.74, 6) is 0.776. The number of nitrogens with zero attached hydrogens (tertiary/aromatic N) is 1. The molecule has 0 radical (unpaired) electrons. The average molecular weight is 260 g/mol. The van der Waals surface area contributed by atoms with E-state index in [2.05, 4.69) is 17.1 Å². The minimum Gasteiger partial charge on any atom is -0.315 e. The maximum absolute atomic E-state index is 11.6. The summed E-state index contributed by atoms with van der Waals surface area (Å²) < 4.78 is 23.1. The molecule has 1 N–H and O–H groups in total. The molecule has 4 nitrogen and oxygen atoms in total. The lowest BCUT2D eigenvalue weighted by molar-refractivity contribution is 0.105. The van der Waals surface area contributed by atoms with E-state index in [1.807, 2.05) is 0 Å². The largest absolute Gasteiger partial charge is 0.315 e. The Labute approximate surface area is 105 Å². The van der Waals surface area contributed by atoms with Crippen molar-refractivity contribution in [3.05, 3.63) is 0 Å². The highest BCUT2D eigenvalue weighted by atomic mass is 32.2. The van der Waals surface area contributed by atoms with Crippen molar-refractivity contribution in [1.29, 1.82) is 0 Å². The second-order valence-electron chi connectivity index (χ2n) is 5.25. The lowest BCUT2D eigenvalue weighted by Gasteiger charge is -2.39. The molecule has 100 valence electrons. The maximum atomic E-state index is 11.6. The molecule has 2 unspecified atom stereocenters. The average Bonchev–Trinajstić information content (AvgIpc) is 2.67. The summed E-state index contributed by atoms with van der Waals surface area (Å²) in [6.07, 6.45) is 4.56. The molecule has 2 rings (SSSR count). The van der Waals surface area contributed by atoms with E-state index >= 15 is 0 Å². The van der Waals surface area contributed by atoms with Gasteiger partial charge in [-0.3, -0.25) is 4.90 Å². The highest BCUT2D eigenvalue weighted by molar-refractivity contribution is 7.91. The molecule has 17 heavy (non-hydrogen) atoms. The van der Waals surface area contributed by atoms with Gasteiger partial charge in [0, 0.05) is 18.6 Å². The Hall–Kier alpha value is -0.130. The van der Waals surface area contributed by atoms with Crippen LogP contribution in [0.4, 0.5) is 0 Å². The molecule has 2 saturated heterocycles. The Morgan fingerprint density at radius 1 is 1.29 bits per heavy atom. The SMILES string of the molecule is CCNCC1CCCCN1C1CCS(=O)(=O)C1. The quantitative estimate of drug-likeness (QED) is 0.806. The van der Waals surface area contributed by atoms with Crippen molar-refractivity contribution < 1.29 is 8.42 Å². The van der Waals surface area contributed by atoms with Gasteiger partial charge in [-0.2, -0.15) is 0 Å². The predicted octanol–water partition coefficient (Wildman–Crippen LogP) is 0.638. The summed E-state index contributed by atoms with van der Waals surface area (Å²) in [6, 6.07) is 0.825. The monoisotopic (exact) mass is 260 g/mol. The van der Waals surface area contributed by atoms with Gasteiger partial charge in [-0.05, 0) is 32.4 Å². The summed E-state index contributed by atoms with van der Waals surface area (Å²) in [6.45, 7) is 5.20. The summed E-state index contributed by atoms with van der Waals surface area (Å²) in [5.41, 5.74) is 0. The fraction of sp³-hybridized carbons (Fsp3) is 1.00. The van der Waals surface area contributed by atoms with Crippen molar-refractivity contribution in [1.82, 2.24) is 10.2 Å². The number of hydrogen-bond donors (Lipinski definition) is 1. The van der Waals surface area contributed by atoms with Gasteiger partial charge in [0.1, 0.15) is 0 Å². The number of likely N-dealkylation sites (N-methyl/N-ethyl adjacent to an activating group) is 1. The van der Waals surface area contributed by atoms with Gasteiger partial charge in [0.25, 0.3) is 0 Å². The minimum atomic E-state index is -2.75. The molecule has 0 spiro atoms. The van der Waals surface area contributed by atoms with Crippen molar-refractivity contribution in [2.75, 3.05) is 31.1 Å². The van der Waals surface area contributed by atoms with Crippen LogP contribution < -0.4 is 5.32 Å². The topological polar surface area (TPSA) is 49.4 Å². The molecule has 2 atom stereocenters. The third-order valence-electron chi connectivity index (χ3n) is 3.98. The lowest BCUT2D eigenvalue weighted by Crippen LogP contribution is -2.50. The van der Waals surface area contributed by atoms with Crippen molar-refractivity contribution in [2.24, 2.45) is 0 Å². The van der Waals surface area contributed by atoms with Gasteiger partial charge in [-0.15, -0.1) is 0 Å². The van der Waals surface area contributed by atoms with Gasteiger partial charge in [0.2, 0.25) is 0 Å². The number of rotatable bonds is 4. The first-order valence-electron chi connectivity index (χ1n) is 6.79. The highest BCUT2D eigenvalue weighted by Gasteiger charge is 2.36. The molecule has 5 heteroatoms. The summed E-state index contributed by atoms with van der Waals surface area (Å²) in [7, 11) is -2.75. The van der Waals surface area contributed by atoms with Crippen LogP contribution in [0.1, 0.15) is 32.6 Å². The highest BCUT2D eigenvalue weighted by Crippen LogP contribution is 2.25. The van der Waals surface area contributed by atoms with E-state index in [-0.39, 0.29) is 6.04 Å². The van der Waals surface area contributed by atoms with E-state index in [4.69, 9.17) is 0 Å². The number of hydrogen-bond acceptors (Lipinski definition) is 4. The van der Waals surface area contributed by atoms with Crippen LogP contribution in [0.5, 0.6) is 0 Å². The second kappa shape index (κ2) is 5.67. The van der Waals surface area contributed by atoms with Crippen LogP contribution in [0, 0.1) is 0 Å². The summed E-state index contributed by atoms with van der Waals surface area (Å²) >= 11 is 0. The van der Waals surface area contributed by atoms with E-state index in [0.29, 0.717) is 17.5 Å². The molecular weight excluding hydrogens is 236 g/mol. The molecular formula is C12H24N2O2S. The first-order chi connectivity index (χ1) is 8.12. The fourth-order valence-corrected chi connectivity index (χ4v) is 4.81. The molecule has 0 aromatic carbocycles. The van der Waals surface area contributed by atoms with Gasteiger partial charge >= 0.3 is 0 Å². The van der Waals surface area contributed by atoms with Crippen LogP contribution in [-0.4, -0.2) is 56.5 Å². The lowest BCUT2D eigenvalue weighted by atomic mass is 9.99. The molecule has 0 aromatic heterocycles. The van der Waals surface area contributed by atoms with Crippen LogP contribution in [0.3, 0.4) is 0 Å². The molecule has 0 amide bonds. The molecule has 2 heterocycles. The van der Waals surface area contributed by atoms with Crippen molar-refractivity contribution in [2.45, 2.75) is 44.7 Å². The van der Waals surface area contributed by atoms with Crippen LogP contribution >= 0.6 is 0 Å². The number of sulfone groups is 1. The van der Waals surface area contributed by atoms with Crippen LogP contribution in [0.2, 0.25) is 0 Å². The molecule has 2 aliphatic heterocycles. The van der Waals surface area contributed by atoms with Crippen LogP contribution in [-0.2, 0) is 9.84 Å². The van der Waals surface area contributed by atoms with E-state index in [1.165, 1.54) is 19.3 Å². The number of nitrogens with one attached hydrogen (secondary N) is 1. The van der Waals surface area contributed by atoms with Crippen LogP contribution in [0.15, 0.2) is 0 Å². The van der Waals surface area contributed by atoms with Gasteiger partial charge in [-0.1, -0.05) is 13.3 Å². The smallest absolute Gasteiger partial charge is 0.151 e. The number of piperidine rings is 1. The van der Waals surface area contributed by atoms with Crippen LogP contribution in [0.25, 0.3) is 0 Å². The molecule has 0 aliphatic carbocycles. The van der Waals surface area contributed by atoms with E-state index < -0.39 is 9.84 Å². The second-order valence-corrected chi connectivity index (χ2v) is 7.48. The Morgan fingerprint density at radius 3 is 2.76 bits per heavy atom. The Kier molecular flexibility index (Phi) is 4.44. The van der Waals surface area contributed by atoms with E-state index in [9.17, 15) is 8.42 Å². The molecule has 2 aliphatic rings. The zero-order chi connectivity index (χ0) is 12.3. The van der Waals surface area contributed by atoms with Gasteiger partial charge in [0.05, 0.1) is 11.5 Å². The zero-order valence-corrected chi connectivity index (χ0v) is 11.5. The normalized spacial score (nSPS) is 33.9. The molecule has 2 fully saturated rings. The first kappa shape index (κ1) is 13.3. The van der Waals surface area contributed by atoms with Crippen molar-refractivity contribution >= 4 is 9.84 Å². The first-order valence-corrected chi connectivity index (χ1v) is 8.61. The van der Waals surface area contributed by atoms with E-state index in [0.717, 1.165) is 26.1 Å². The Bertz CT molecular complexity index is 342. The fourth-order valence-electron chi connectivity index (χ4n) is 3.07. The van der Waals surface area contributed by atoms with E-state index in [1.54, 1.807) is 0 Å². The van der Waals surface area contributed by atoms with Crippen molar-refractivity contribution in [3.8, 4) is 0 Å². The molecule has 0 saturated carbocycles. The zero-order valence-electron chi connectivity index (χ0n) is 10.7. The summed E-state index contributed by atoms with van der Waals surface area (Å²) in [4.78, 5) is 2.46. The third-order valence-corrected chi connectivity index (χ3v) is 5.73. The number of likely N-dealkylation sites (tertiary alicyclic amines) is 1. The van der Waals surface area contributed by atoms with Gasteiger partial charge < -0.3 is 5.32 Å². The van der Waals surface area contributed by atoms with Gasteiger partial charge in [0.15, 0.2) is 9.84 Å². The van der Waals surface area contributed by atoms with Crippen molar-refractivity contribution in [3.63, 3.8) is 0 Å².